The highest BCUT2D eigenvalue weighted by molar-refractivity contribution is 5.88. The number of hydrogen-bond acceptors (Lipinski definition) is 3. The van der Waals surface area contributed by atoms with E-state index in [-0.39, 0.29) is 5.91 Å². The van der Waals surface area contributed by atoms with E-state index >= 15 is 0 Å². The van der Waals surface area contributed by atoms with Gasteiger partial charge < -0.3 is 15.4 Å². The third kappa shape index (κ3) is 5.36. The summed E-state index contributed by atoms with van der Waals surface area (Å²) in [7, 11) is 1.71. The minimum Gasteiger partial charge on any atom is -0.385 e. The second kappa shape index (κ2) is 6.91. The van der Waals surface area contributed by atoms with Crippen LogP contribution >= 0.6 is 0 Å². The molecule has 0 bridgehead atoms. The Balaban J connectivity index is 2.42. The summed E-state index contributed by atoms with van der Waals surface area (Å²) >= 11 is 0. The lowest BCUT2D eigenvalue weighted by Gasteiger charge is -2.12. The Bertz CT molecular complexity index is 349. The molecule has 0 aliphatic rings. The van der Waals surface area contributed by atoms with E-state index in [9.17, 15) is 4.79 Å². The number of methoxy groups -OCH3 is 1. The van der Waals surface area contributed by atoms with Crippen LogP contribution in [0.4, 0.5) is 11.4 Å². The Morgan fingerprint density at radius 3 is 2.41 bits per heavy atom. The van der Waals surface area contributed by atoms with Crippen molar-refractivity contribution < 1.29 is 9.53 Å². The third-order valence-corrected chi connectivity index (χ3v) is 2.31. The molecule has 0 radical (unpaired) electrons. The molecule has 4 nitrogen and oxygen atoms in total. The number of benzene rings is 1. The van der Waals surface area contributed by atoms with Crippen molar-refractivity contribution in [3.8, 4) is 0 Å². The Morgan fingerprint density at radius 1 is 1.29 bits per heavy atom. The first-order chi connectivity index (χ1) is 8.11. The average molecular weight is 236 g/mol. The summed E-state index contributed by atoms with van der Waals surface area (Å²) in [5.41, 5.74) is 1.86. The lowest BCUT2D eigenvalue weighted by Crippen LogP contribution is -2.15. The van der Waals surface area contributed by atoms with Gasteiger partial charge in [0.05, 0.1) is 6.61 Å². The predicted molar refractivity (Wildman–Crippen MR) is 70.3 cm³/mol. The van der Waals surface area contributed by atoms with Crippen LogP contribution in [0.5, 0.6) is 0 Å². The van der Waals surface area contributed by atoms with Crippen LogP contribution in [-0.2, 0) is 9.53 Å². The summed E-state index contributed by atoms with van der Waals surface area (Å²) in [4.78, 5) is 10.8. The van der Waals surface area contributed by atoms with Crippen molar-refractivity contribution in [3.63, 3.8) is 0 Å². The van der Waals surface area contributed by atoms with Gasteiger partial charge in [-0.1, -0.05) is 6.92 Å². The number of nitrogens with one attached hydrogen (secondary N) is 2. The first-order valence-corrected chi connectivity index (χ1v) is 5.72. The molecule has 0 fully saturated rings. The average Bonchev–Trinajstić information content (AvgIpc) is 2.28. The lowest BCUT2D eigenvalue weighted by atomic mass is 10.2. The van der Waals surface area contributed by atoms with Crippen LogP contribution in [0.25, 0.3) is 0 Å². The fourth-order valence-corrected chi connectivity index (χ4v) is 1.51. The van der Waals surface area contributed by atoms with Crippen LogP contribution in [0.1, 0.15) is 13.8 Å². The zero-order chi connectivity index (χ0) is 12.7. The van der Waals surface area contributed by atoms with Crippen molar-refractivity contribution >= 4 is 17.3 Å². The van der Waals surface area contributed by atoms with Gasteiger partial charge >= 0.3 is 0 Å². The lowest BCUT2D eigenvalue weighted by molar-refractivity contribution is -0.114. The molecule has 0 spiro atoms. The second-order valence-corrected chi connectivity index (χ2v) is 4.20. The first-order valence-electron chi connectivity index (χ1n) is 5.72. The van der Waals surface area contributed by atoms with Crippen LogP contribution < -0.4 is 10.6 Å². The molecule has 0 aliphatic carbocycles. The van der Waals surface area contributed by atoms with Crippen LogP contribution in [0.3, 0.4) is 0 Å². The number of carbonyl (C=O) groups excluding carboxylic acids is 1. The number of amides is 1. The Morgan fingerprint density at radius 2 is 1.88 bits per heavy atom. The molecule has 2 N–H and O–H groups in total. The number of rotatable bonds is 6. The van der Waals surface area contributed by atoms with E-state index in [1.54, 1.807) is 7.11 Å². The molecule has 94 valence electrons. The van der Waals surface area contributed by atoms with Crippen molar-refractivity contribution in [1.29, 1.82) is 0 Å². The van der Waals surface area contributed by atoms with Gasteiger partial charge in [-0.15, -0.1) is 0 Å². The molecular weight excluding hydrogens is 216 g/mol. The van der Waals surface area contributed by atoms with Gasteiger partial charge in [0.1, 0.15) is 0 Å². The number of ether oxygens (including phenoxy) is 1. The SMILES string of the molecule is COCC(C)CNc1ccc(NC(C)=O)cc1. The molecule has 17 heavy (non-hydrogen) atoms. The molecule has 1 atom stereocenters. The number of carbonyl (C=O) groups is 1. The zero-order valence-corrected chi connectivity index (χ0v) is 10.6. The molecule has 0 saturated carbocycles. The molecule has 0 aromatic heterocycles. The van der Waals surface area contributed by atoms with Gasteiger partial charge in [-0.3, -0.25) is 4.79 Å². The summed E-state index contributed by atoms with van der Waals surface area (Å²) < 4.78 is 5.07. The van der Waals surface area contributed by atoms with E-state index in [1.807, 2.05) is 24.3 Å². The summed E-state index contributed by atoms with van der Waals surface area (Å²) in [6.45, 7) is 5.24. The fourth-order valence-electron chi connectivity index (χ4n) is 1.51. The monoisotopic (exact) mass is 236 g/mol. The maximum Gasteiger partial charge on any atom is 0.221 e. The maximum atomic E-state index is 10.8. The van der Waals surface area contributed by atoms with Gasteiger partial charge in [0.25, 0.3) is 0 Å². The standard InChI is InChI=1S/C13H20N2O2/c1-10(9-17-3)8-14-12-4-6-13(7-5-12)15-11(2)16/h4-7,10,14H,8-9H2,1-3H3,(H,15,16). The van der Waals surface area contributed by atoms with Crippen LogP contribution in [0, 0.1) is 5.92 Å². The summed E-state index contributed by atoms with van der Waals surface area (Å²) in [6.07, 6.45) is 0. The van der Waals surface area contributed by atoms with Gasteiger partial charge in [-0.2, -0.15) is 0 Å². The van der Waals surface area contributed by atoms with Gasteiger partial charge in [0, 0.05) is 32.0 Å². The van der Waals surface area contributed by atoms with Crippen molar-refractivity contribution in [3.05, 3.63) is 24.3 Å². The Hall–Kier alpha value is -1.55. The van der Waals surface area contributed by atoms with Crippen molar-refractivity contribution in [2.24, 2.45) is 5.92 Å². The topological polar surface area (TPSA) is 50.4 Å². The minimum absolute atomic E-state index is 0.0561. The molecule has 0 saturated heterocycles. The quantitative estimate of drug-likeness (QED) is 0.797. The highest BCUT2D eigenvalue weighted by atomic mass is 16.5. The molecule has 1 rings (SSSR count). The fraction of sp³-hybridized carbons (Fsp3) is 0.462. The highest BCUT2D eigenvalue weighted by Crippen LogP contribution is 2.13. The summed E-state index contributed by atoms with van der Waals surface area (Å²) in [6, 6.07) is 7.66. The largest absolute Gasteiger partial charge is 0.385 e. The van der Waals surface area contributed by atoms with Gasteiger partial charge in [-0.05, 0) is 30.2 Å². The van der Waals surface area contributed by atoms with Crippen molar-refractivity contribution in [1.82, 2.24) is 0 Å². The van der Waals surface area contributed by atoms with Crippen molar-refractivity contribution in [2.75, 3.05) is 30.9 Å². The molecule has 1 unspecified atom stereocenters. The van der Waals surface area contributed by atoms with E-state index in [0.29, 0.717) is 5.92 Å². The van der Waals surface area contributed by atoms with Crippen molar-refractivity contribution in [2.45, 2.75) is 13.8 Å². The van der Waals surface area contributed by atoms with Gasteiger partial charge in [0.2, 0.25) is 5.91 Å². The molecule has 1 aromatic carbocycles. The molecule has 1 aromatic rings. The van der Waals surface area contributed by atoms with E-state index in [0.717, 1.165) is 24.5 Å². The van der Waals surface area contributed by atoms with E-state index in [1.165, 1.54) is 6.92 Å². The van der Waals surface area contributed by atoms with E-state index < -0.39 is 0 Å². The summed E-state index contributed by atoms with van der Waals surface area (Å²) in [5, 5.41) is 6.05. The molecule has 1 amide bonds. The summed E-state index contributed by atoms with van der Waals surface area (Å²) in [5.74, 6) is 0.412. The number of hydrogen-bond donors (Lipinski definition) is 2. The van der Waals surface area contributed by atoms with Crippen LogP contribution in [0.15, 0.2) is 24.3 Å². The number of anilines is 2. The first kappa shape index (κ1) is 13.5. The van der Waals surface area contributed by atoms with Crippen LogP contribution in [0.2, 0.25) is 0 Å². The Labute approximate surface area is 102 Å². The molecule has 0 aliphatic heterocycles. The smallest absolute Gasteiger partial charge is 0.221 e. The van der Waals surface area contributed by atoms with Crippen LogP contribution in [-0.4, -0.2) is 26.2 Å². The highest BCUT2D eigenvalue weighted by Gasteiger charge is 2.01. The third-order valence-electron chi connectivity index (χ3n) is 2.31. The molecule has 0 heterocycles. The maximum absolute atomic E-state index is 10.8. The van der Waals surface area contributed by atoms with Gasteiger partial charge in [-0.25, -0.2) is 0 Å². The minimum atomic E-state index is -0.0561. The Kier molecular flexibility index (Phi) is 5.49. The van der Waals surface area contributed by atoms with Gasteiger partial charge in [0.15, 0.2) is 0 Å². The second-order valence-electron chi connectivity index (χ2n) is 4.20. The predicted octanol–water partition coefficient (Wildman–Crippen LogP) is 2.34. The molecular formula is C13H20N2O2. The van der Waals surface area contributed by atoms with E-state index in [4.69, 9.17) is 4.74 Å². The normalized spacial score (nSPS) is 11.9. The van der Waals surface area contributed by atoms with E-state index in [2.05, 4.69) is 17.6 Å². The zero-order valence-electron chi connectivity index (χ0n) is 10.6. The molecule has 4 heteroatoms.